The van der Waals surface area contributed by atoms with Crippen LogP contribution in [0.2, 0.25) is 0 Å². The molecule has 6 heteroatoms. The molecule has 0 aliphatic carbocycles. The summed E-state index contributed by atoms with van der Waals surface area (Å²) in [5.74, 6) is 0.679. The van der Waals surface area contributed by atoms with Crippen LogP contribution in [-0.2, 0) is 4.79 Å². The Hall–Kier alpha value is -1.69. The van der Waals surface area contributed by atoms with E-state index in [1.54, 1.807) is 36.3 Å². The summed E-state index contributed by atoms with van der Waals surface area (Å²) in [4.78, 5) is 29.3. The minimum absolute atomic E-state index is 0.0472. The Labute approximate surface area is 148 Å². The lowest BCUT2D eigenvalue weighted by Crippen LogP contribution is -2.49. The van der Waals surface area contributed by atoms with Crippen LogP contribution in [0.5, 0.6) is 5.75 Å². The van der Waals surface area contributed by atoms with Crippen molar-refractivity contribution in [2.75, 3.05) is 26.7 Å². The molecule has 0 unspecified atom stereocenters. The fraction of sp³-hybridized carbons (Fsp3) is 0.556. The maximum absolute atomic E-state index is 12.9. The van der Waals surface area contributed by atoms with Crippen LogP contribution in [0.1, 0.15) is 36.0 Å². The Balaban J connectivity index is 1.76. The van der Waals surface area contributed by atoms with Crippen LogP contribution in [0.3, 0.4) is 0 Å². The van der Waals surface area contributed by atoms with Crippen molar-refractivity contribution in [3.05, 3.63) is 29.8 Å². The number of hydrogen-bond donors (Lipinski definition) is 1. The minimum atomic E-state index is -0.389. The first-order valence-corrected chi connectivity index (χ1v) is 9.03. The number of benzene rings is 1. The van der Waals surface area contributed by atoms with Gasteiger partial charge in [-0.25, -0.2) is 0 Å². The molecule has 0 N–H and O–H groups in total. The monoisotopic (exact) mass is 348 g/mol. The number of rotatable bonds is 3. The van der Waals surface area contributed by atoms with Crippen molar-refractivity contribution in [3.63, 3.8) is 0 Å². The van der Waals surface area contributed by atoms with E-state index in [1.807, 2.05) is 4.90 Å². The number of ether oxygens (including phenoxy) is 1. The molecule has 2 aliphatic rings. The number of amides is 2. The van der Waals surface area contributed by atoms with Crippen molar-refractivity contribution in [3.8, 4) is 5.75 Å². The summed E-state index contributed by atoms with van der Waals surface area (Å²) in [5, 5.41) is 0.0472. The number of nitrogens with zero attached hydrogens (tertiary/aromatic N) is 2. The van der Waals surface area contributed by atoms with Crippen LogP contribution in [0, 0.1) is 0 Å². The summed E-state index contributed by atoms with van der Waals surface area (Å²) < 4.78 is 5.13. The van der Waals surface area contributed by atoms with Gasteiger partial charge in [0.2, 0.25) is 5.91 Å². The van der Waals surface area contributed by atoms with Crippen molar-refractivity contribution in [2.24, 2.45) is 0 Å². The molecular weight excluding hydrogens is 324 g/mol. The molecule has 0 aromatic heterocycles. The first-order chi connectivity index (χ1) is 11.6. The van der Waals surface area contributed by atoms with E-state index in [9.17, 15) is 9.59 Å². The number of carbonyl (C=O) groups is 2. The molecule has 2 heterocycles. The summed E-state index contributed by atoms with van der Waals surface area (Å²) in [6, 6.07) is 6.64. The number of thiol groups is 1. The van der Waals surface area contributed by atoms with E-state index in [0.717, 1.165) is 25.9 Å². The molecule has 24 heavy (non-hydrogen) atoms. The van der Waals surface area contributed by atoms with E-state index < -0.39 is 0 Å². The highest BCUT2D eigenvalue weighted by Gasteiger charge is 2.40. The molecule has 0 spiro atoms. The molecule has 1 aromatic rings. The molecule has 2 atom stereocenters. The third-order valence-electron chi connectivity index (χ3n) is 4.83. The lowest BCUT2D eigenvalue weighted by Gasteiger charge is -2.32. The van der Waals surface area contributed by atoms with E-state index in [2.05, 4.69) is 12.6 Å². The largest absolute Gasteiger partial charge is 0.497 e. The molecule has 2 fully saturated rings. The second-order valence-corrected chi connectivity index (χ2v) is 7.21. The fourth-order valence-electron chi connectivity index (χ4n) is 3.50. The highest BCUT2D eigenvalue weighted by atomic mass is 32.1. The Bertz CT molecular complexity index is 599. The molecule has 0 saturated carbocycles. The highest BCUT2D eigenvalue weighted by Crippen LogP contribution is 2.27. The molecule has 2 saturated heterocycles. The van der Waals surface area contributed by atoms with Gasteiger partial charge >= 0.3 is 0 Å². The van der Waals surface area contributed by atoms with E-state index in [4.69, 9.17) is 4.74 Å². The molecule has 0 bridgehead atoms. The molecular formula is C18H24N2O3S. The normalized spacial score (nSPS) is 24.1. The highest BCUT2D eigenvalue weighted by molar-refractivity contribution is 7.81. The van der Waals surface area contributed by atoms with Crippen molar-refractivity contribution >= 4 is 24.4 Å². The molecule has 1 aromatic carbocycles. The molecule has 2 amide bonds. The van der Waals surface area contributed by atoms with Crippen molar-refractivity contribution in [2.45, 2.75) is 37.0 Å². The average Bonchev–Trinajstić information content (AvgIpc) is 3.03. The Morgan fingerprint density at radius 1 is 1.12 bits per heavy atom. The standard InChI is InChI=1S/C18H24N2O3S/c1-23-14-7-5-13(6-8-14)17(21)20-12-15(24)11-16(20)18(22)19-9-3-2-4-10-19/h5-8,15-16,24H,2-4,9-12H2,1H3/t15-,16-/m0/s1. The SMILES string of the molecule is COc1ccc(C(=O)N2C[C@@H](S)C[C@H]2C(=O)N2CCCCC2)cc1. The lowest BCUT2D eigenvalue weighted by atomic mass is 10.1. The van der Waals surface area contributed by atoms with Crippen LogP contribution in [0.4, 0.5) is 0 Å². The summed E-state index contributed by atoms with van der Waals surface area (Å²) in [7, 11) is 1.59. The second-order valence-electron chi connectivity index (χ2n) is 6.48. The van der Waals surface area contributed by atoms with Gasteiger partial charge in [0.05, 0.1) is 7.11 Å². The Morgan fingerprint density at radius 3 is 2.42 bits per heavy atom. The van der Waals surface area contributed by atoms with Crippen molar-refractivity contribution in [1.29, 1.82) is 0 Å². The van der Waals surface area contributed by atoms with Gasteiger partial charge in [0.1, 0.15) is 11.8 Å². The Morgan fingerprint density at radius 2 is 1.79 bits per heavy atom. The zero-order chi connectivity index (χ0) is 17.1. The summed E-state index contributed by atoms with van der Waals surface area (Å²) in [6.07, 6.45) is 3.91. The van der Waals surface area contributed by atoms with Gasteiger partial charge in [-0.15, -0.1) is 0 Å². The predicted octanol–water partition coefficient (Wildman–Crippen LogP) is 2.22. The molecule has 3 rings (SSSR count). The van der Waals surface area contributed by atoms with Crippen molar-refractivity contribution < 1.29 is 14.3 Å². The average molecular weight is 348 g/mol. The zero-order valence-electron chi connectivity index (χ0n) is 14.0. The number of methoxy groups -OCH3 is 1. The molecule has 0 radical (unpaired) electrons. The van der Waals surface area contributed by atoms with Gasteiger partial charge in [-0.1, -0.05) is 0 Å². The summed E-state index contributed by atoms with van der Waals surface area (Å²) in [6.45, 7) is 2.12. The lowest BCUT2D eigenvalue weighted by molar-refractivity contribution is -0.136. The third-order valence-corrected chi connectivity index (χ3v) is 5.20. The van der Waals surface area contributed by atoms with E-state index >= 15 is 0 Å². The number of hydrogen-bond acceptors (Lipinski definition) is 4. The van der Waals surface area contributed by atoms with Gasteiger partial charge in [0.25, 0.3) is 5.91 Å². The van der Waals surface area contributed by atoms with Gasteiger partial charge in [-0.05, 0) is 49.9 Å². The fourth-order valence-corrected chi connectivity index (χ4v) is 3.87. The van der Waals surface area contributed by atoms with Crippen LogP contribution in [0.15, 0.2) is 24.3 Å². The van der Waals surface area contributed by atoms with Gasteiger partial charge < -0.3 is 14.5 Å². The minimum Gasteiger partial charge on any atom is -0.497 e. The van der Waals surface area contributed by atoms with Gasteiger partial charge in [-0.2, -0.15) is 12.6 Å². The first kappa shape index (κ1) is 17.1. The predicted molar refractivity (Wildman–Crippen MR) is 95.6 cm³/mol. The van der Waals surface area contributed by atoms with Crippen LogP contribution >= 0.6 is 12.6 Å². The maximum atomic E-state index is 12.9. The van der Waals surface area contributed by atoms with Crippen LogP contribution in [0.25, 0.3) is 0 Å². The van der Waals surface area contributed by atoms with Crippen LogP contribution < -0.4 is 4.74 Å². The third kappa shape index (κ3) is 3.53. The number of carbonyl (C=O) groups excluding carboxylic acids is 2. The smallest absolute Gasteiger partial charge is 0.254 e. The van der Waals surface area contributed by atoms with Gasteiger partial charge in [0, 0.05) is 30.4 Å². The maximum Gasteiger partial charge on any atom is 0.254 e. The number of piperidine rings is 1. The molecule has 130 valence electrons. The van der Waals surface area contributed by atoms with Crippen molar-refractivity contribution in [1.82, 2.24) is 9.80 Å². The summed E-state index contributed by atoms with van der Waals surface area (Å²) in [5.41, 5.74) is 0.578. The second kappa shape index (κ2) is 7.47. The zero-order valence-corrected chi connectivity index (χ0v) is 14.9. The Kier molecular flexibility index (Phi) is 5.33. The molecule has 2 aliphatic heterocycles. The topological polar surface area (TPSA) is 49.9 Å². The van der Waals surface area contributed by atoms with E-state index in [0.29, 0.717) is 24.3 Å². The van der Waals surface area contributed by atoms with E-state index in [1.165, 1.54) is 6.42 Å². The van der Waals surface area contributed by atoms with E-state index in [-0.39, 0.29) is 23.1 Å². The summed E-state index contributed by atoms with van der Waals surface area (Å²) >= 11 is 4.52. The molecule has 5 nitrogen and oxygen atoms in total. The van der Waals surface area contributed by atoms with Gasteiger partial charge in [0.15, 0.2) is 0 Å². The van der Waals surface area contributed by atoms with Crippen LogP contribution in [-0.4, -0.2) is 59.7 Å². The quantitative estimate of drug-likeness (QED) is 0.852. The van der Waals surface area contributed by atoms with Gasteiger partial charge in [-0.3, -0.25) is 9.59 Å². The first-order valence-electron chi connectivity index (χ1n) is 8.52. The number of likely N-dealkylation sites (tertiary alicyclic amines) is 2.